The molecule has 0 bridgehead atoms. The molecule has 0 fully saturated rings. The molecule has 0 saturated carbocycles. The molecule has 2 aromatic rings. The maximum absolute atomic E-state index is 12.4. The lowest BCUT2D eigenvalue weighted by Crippen LogP contribution is -2.42. The number of aliphatic hydroxyl groups excluding tert-OH is 1. The lowest BCUT2D eigenvalue weighted by Gasteiger charge is -2.27. The van der Waals surface area contributed by atoms with Crippen molar-refractivity contribution in [2.75, 3.05) is 13.1 Å². The largest absolute Gasteiger partial charge is 0.390 e. The number of aliphatic hydroxyl groups is 1. The Morgan fingerprint density at radius 3 is 2.75 bits per heavy atom. The van der Waals surface area contributed by atoms with E-state index in [0.29, 0.717) is 30.8 Å². The highest BCUT2D eigenvalue weighted by Crippen LogP contribution is 2.22. The Bertz CT molecular complexity index is 755. The molecular weight excluding hydrogens is 308 g/mol. The zero-order valence-electron chi connectivity index (χ0n) is 13.5. The summed E-state index contributed by atoms with van der Waals surface area (Å²) in [5.41, 5.74) is 3.10. The quantitative estimate of drug-likeness (QED) is 0.841. The van der Waals surface area contributed by atoms with E-state index >= 15 is 0 Å². The van der Waals surface area contributed by atoms with Gasteiger partial charge in [0.15, 0.2) is 0 Å². The maximum atomic E-state index is 12.4. The Kier molecular flexibility index (Phi) is 4.61. The topological polar surface area (TPSA) is 87.5 Å². The SMILES string of the molecule is Cn1nc(CO)c2c1CCN(C(=O)CNC(=O)c1ccccc1)C2. The number of benzene rings is 1. The number of nitrogens with zero attached hydrogens (tertiary/aromatic N) is 3. The standard InChI is InChI=1S/C17H20N4O3/c1-20-15-7-8-21(10-13(15)14(11-22)19-20)16(23)9-18-17(24)12-5-3-2-4-6-12/h2-6,22H,7-11H2,1H3,(H,18,24). The molecule has 0 saturated heterocycles. The van der Waals surface area contributed by atoms with E-state index in [2.05, 4.69) is 10.4 Å². The molecule has 126 valence electrons. The lowest BCUT2D eigenvalue weighted by atomic mass is 10.1. The molecule has 1 aromatic heterocycles. The molecule has 2 heterocycles. The molecule has 0 spiro atoms. The molecule has 2 amide bonds. The second-order valence-corrected chi connectivity index (χ2v) is 5.77. The number of fused-ring (bicyclic) bond motifs is 1. The van der Waals surface area contributed by atoms with Crippen molar-refractivity contribution in [3.05, 3.63) is 52.8 Å². The normalized spacial score (nSPS) is 13.5. The number of hydrogen-bond donors (Lipinski definition) is 2. The first kappa shape index (κ1) is 16.2. The third-order valence-electron chi connectivity index (χ3n) is 4.26. The van der Waals surface area contributed by atoms with Crippen LogP contribution in [0, 0.1) is 0 Å². The molecule has 7 heteroatoms. The Morgan fingerprint density at radius 1 is 1.29 bits per heavy atom. The summed E-state index contributed by atoms with van der Waals surface area (Å²) in [6.07, 6.45) is 0.692. The van der Waals surface area contributed by atoms with Crippen LogP contribution in [0.25, 0.3) is 0 Å². The van der Waals surface area contributed by atoms with E-state index in [0.717, 1.165) is 11.3 Å². The van der Waals surface area contributed by atoms with Crippen molar-refractivity contribution in [1.82, 2.24) is 20.0 Å². The van der Waals surface area contributed by atoms with Gasteiger partial charge in [-0.3, -0.25) is 14.3 Å². The van der Waals surface area contributed by atoms with Crippen molar-refractivity contribution in [3.63, 3.8) is 0 Å². The van der Waals surface area contributed by atoms with Crippen molar-refractivity contribution in [2.24, 2.45) is 7.05 Å². The Balaban J connectivity index is 1.61. The smallest absolute Gasteiger partial charge is 0.251 e. The molecule has 0 radical (unpaired) electrons. The Hall–Kier alpha value is -2.67. The number of carbonyl (C=O) groups is 2. The lowest BCUT2D eigenvalue weighted by molar-refractivity contribution is -0.131. The third-order valence-corrected chi connectivity index (χ3v) is 4.26. The van der Waals surface area contributed by atoms with E-state index in [9.17, 15) is 14.7 Å². The molecule has 1 aromatic carbocycles. The van der Waals surface area contributed by atoms with E-state index in [1.54, 1.807) is 33.8 Å². The number of aryl methyl sites for hydroxylation is 1. The fraction of sp³-hybridized carbons (Fsp3) is 0.353. The van der Waals surface area contributed by atoms with Gasteiger partial charge in [0.25, 0.3) is 5.91 Å². The molecular formula is C17H20N4O3. The van der Waals surface area contributed by atoms with Crippen molar-refractivity contribution in [3.8, 4) is 0 Å². The van der Waals surface area contributed by atoms with Gasteiger partial charge in [-0.2, -0.15) is 5.10 Å². The predicted octanol–water partition coefficient (Wildman–Crippen LogP) is 0.227. The van der Waals surface area contributed by atoms with Crippen molar-refractivity contribution in [2.45, 2.75) is 19.6 Å². The molecule has 0 aliphatic carbocycles. The van der Waals surface area contributed by atoms with Gasteiger partial charge in [-0.25, -0.2) is 0 Å². The third kappa shape index (κ3) is 3.16. The number of amides is 2. The highest BCUT2D eigenvalue weighted by Gasteiger charge is 2.26. The number of carbonyl (C=O) groups excluding carboxylic acids is 2. The van der Waals surface area contributed by atoms with Crippen LogP contribution in [0.5, 0.6) is 0 Å². The minimum atomic E-state index is -0.265. The number of aromatic nitrogens is 2. The molecule has 2 N–H and O–H groups in total. The van der Waals surface area contributed by atoms with Crippen LogP contribution in [0.3, 0.4) is 0 Å². The van der Waals surface area contributed by atoms with Gasteiger partial charge >= 0.3 is 0 Å². The summed E-state index contributed by atoms with van der Waals surface area (Å²) >= 11 is 0. The highest BCUT2D eigenvalue weighted by atomic mass is 16.3. The Labute approximate surface area is 139 Å². The van der Waals surface area contributed by atoms with Crippen LogP contribution in [0.15, 0.2) is 30.3 Å². The number of hydrogen-bond acceptors (Lipinski definition) is 4. The summed E-state index contributed by atoms with van der Waals surface area (Å²) in [5.74, 6) is -0.406. The molecule has 24 heavy (non-hydrogen) atoms. The van der Waals surface area contributed by atoms with Crippen LogP contribution in [-0.4, -0.2) is 44.7 Å². The molecule has 0 atom stereocenters. The maximum Gasteiger partial charge on any atom is 0.251 e. The second kappa shape index (κ2) is 6.84. The summed E-state index contributed by atoms with van der Waals surface area (Å²) in [4.78, 5) is 26.1. The van der Waals surface area contributed by atoms with Crippen LogP contribution in [0.2, 0.25) is 0 Å². The van der Waals surface area contributed by atoms with Gasteiger partial charge in [-0.05, 0) is 12.1 Å². The molecule has 7 nitrogen and oxygen atoms in total. The summed E-state index contributed by atoms with van der Waals surface area (Å²) in [7, 11) is 1.84. The molecule has 1 aliphatic heterocycles. The summed E-state index contributed by atoms with van der Waals surface area (Å²) in [5, 5.41) is 16.3. The molecule has 1 aliphatic rings. The molecule has 0 unspecified atom stereocenters. The van der Waals surface area contributed by atoms with E-state index in [4.69, 9.17) is 0 Å². The first-order valence-corrected chi connectivity index (χ1v) is 7.85. The average molecular weight is 328 g/mol. The zero-order valence-corrected chi connectivity index (χ0v) is 13.5. The van der Waals surface area contributed by atoms with E-state index in [1.807, 2.05) is 13.1 Å². The average Bonchev–Trinajstić information content (AvgIpc) is 2.95. The fourth-order valence-corrected chi connectivity index (χ4v) is 2.97. The second-order valence-electron chi connectivity index (χ2n) is 5.77. The van der Waals surface area contributed by atoms with Gasteiger partial charge in [0.1, 0.15) is 0 Å². The van der Waals surface area contributed by atoms with Crippen molar-refractivity contribution < 1.29 is 14.7 Å². The van der Waals surface area contributed by atoms with Crippen LogP contribution >= 0.6 is 0 Å². The van der Waals surface area contributed by atoms with Crippen molar-refractivity contribution >= 4 is 11.8 Å². The van der Waals surface area contributed by atoms with Gasteiger partial charge in [0, 0.05) is 43.4 Å². The highest BCUT2D eigenvalue weighted by molar-refractivity contribution is 5.96. The van der Waals surface area contributed by atoms with E-state index in [-0.39, 0.29) is 25.0 Å². The van der Waals surface area contributed by atoms with Gasteiger partial charge in [0.2, 0.25) is 5.91 Å². The minimum absolute atomic E-state index is 0.0439. The van der Waals surface area contributed by atoms with Gasteiger partial charge in [0.05, 0.1) is 18.8 Å². The van der Waals surface area contributed by atoms with Gasteiger partial charge in [-0.15, -0.1) is 0 Å². The fourth-order valence-electron chi connectivity index (χ4n) is 2.97. The van der Waals surface area contributed by atoms with Crippen LogP contribution < -0.4 is 5.32 Å². The van der Waals surface area contributed by atoms with Crippen LogP contribution in [0.4, 0.5) is 0 Å². The Morgan fingerprint density at radius 2 is 2.04 bits per heavy atom. The number of rotatable bonds is 4. The monoisotopic (exact) mass is 328 g/mol. The van der Waals surface area contributed by atoms with Crippen LogP contribution in [0.1, 0.15) is 27.3 Å². The summed E-state index contributed by atoms with van der Waals surface area (Å²) < 4.78 is 1.76. The van der Waals surface area contributed by atoms with Gasteiger partial charge in [-0.1, -0.05) is 18.2 Å². The van der Waals surface area contributed by atoms with Crippen molar-refractivity contribution in [1.29, 1.82) is 0 Å². The van der Waals surface area contributed by atoms with Crippen LogP contribution in [-0.2, 0) is 31.4 Å². The molecule has 3 rings (SSSR count). The predicted molar refractivity (Wildman–Crippen MR) is 87.0 cm³/mol. The first-order valence-electron chi connectivity index (χ1n) is 7.85. The van der Waals surface area contributed by atoms with E-state index < -0.39 is 0 Å². The summed E-state index contributed by atoms with van der Waals surface area (Å²) in [6, 6.07) is 8.80. The first-order chi connectivity index (χ1) is 11.6. The summed E-state index contributed by atoms with van der Waals surface area (Å²) in [6.45, 7) is 0.810. The van der Waals surface area contributed by atoms with E-state index in [1.165, 1.54) is 0 Å². The zero-order chi connectivity index (χ0) is 17.1. The van der Waals surface area contributed by atoms with Gasteiger partial charge < -0.3 is 15.3 Å². The number of nitrogens with one attached hydrogen (secondary N) is 1. The minimum Gasteiger partial charge on any atom is -0.390 e.